The van der Waals surface area contributed by atoms with Gasteiger partial charge in [0, 0.05) is 11.6 Å². The van der Waals surface area contributed by atoms with E-state index in [1.54, 1.807) is 11.3 Å². The average Bonchev–Trinajstić information content (AvgIpc) is 2.74. The molecule has 0 atom stereocenters. The van der Waals surface area contributed by atoms with Crippen LogP contribution in [0.3, 0.4) is 0 Å². The third-order valence-corrected chi connectivity index (χ3v) is 3.50. The van der Waals surface area contributed by atoms with E-state index in [2.05, 4.69) is 10.6 Å². The molecule has 2 rings (SSSR count). The Bertz CT molecular complexity index is 652. The molecule has 0 saturated heterocycles. The second kappa shape index (κ2) is 4.78. The number of rotatable bonds is 2. The second-order valence-electron chi connectivity index (χ2n) is 3.70. The molecule has 0 aliphatic rings. The summed E-state index contributed by atoms with van der Waals surface area (Å²) in [5.74, 6) is 0. The first-order valence-corrected chi connectivity index (χ1v) is 6.00. The Balaban J connectivity index is 2.42. The lowest BCUT2D eigenvalue weighted by atomic mass is 10.1. The van der Waals surface area contributed by atoms with Crippen LogP contribution in [0.25, 0.3) is 10.2 Å². The fourth-order valence-electron chi connectivity index (χ4n) is 1.64. The van der Waals surface area contributed by atoms with Crippen molar-refractivity contribution in [1.82, 2.24) is 0 Å². The second-order valence-corrected chi connectivity index (χ2v) is 4.58. The van der Waals surface area contributed by atoms with Crippen molar-refractivity contribution in [2.75, 3.05) is 0 Å². The van der Waals surface area contributed by atoms with Crippen molar-refractivity contribution in [3.8, 4) is 12.1 Å². The summed E-state index contributed by atoms with van der Waals surface area (Å²) in [5.41, 5.74) is 4.14. The number of aromatic nitrogens is 1. The van der Waals surface area contributed by atoms with Crippen LogP contribution in [0.15, 0.2) is 40.9 Å². The number of hydrogen-bond donors (Lipinski definition) is 0. The molecule has 3 nitrogen and oxygen atoms in total. The fraction of sp³-hybridized carbons (Fsp3) is 0.154. The van der Waals surface area contributed by atoms with Gasteiger partial charge in [-0.2, -0.15) is 15.1 Å². The number of thiazole rings is 1. The molecule has 0 unspecified atom stereocenters. The normalized spacial score (nSPS) is 9.59. The summed E-state index contributed by atoms with van der Waals surface area (Å²) >= 11 is 1.66. The summed E-state index contributed by atoms with van der Waals surface area (Å²) in [4.78, 5) is 0. The maximum Gasteiger partial charge on any atom is 0.226 e. The minimum absolute atomic E-state index is 0.202. The first-order valence-electron chi connectivity index (χ1n) is 5.12. The summed E-state index contributed by atoms with van der Waals surface area (Å²) < 4.78 is 3.26. The number of fused-ring (bicyclic) bond motifs is 1. The molecule has 1 aromatic carbocycles. The molecule has 1 aromatic heterocycles. The van der Waals surface area contributed by atoms with Gasteiger partial charge < -0.3 is 0 Å². The average molecular weight is 240 g/mol. The highest BCUT2D eigenvalue weighted by atomic mass is 32.1. The monoisotopic (exact) mass is 240 g/mol. The molecule has 0 bridgehead atoms. The van der Waals surface area contributed by atoms with E-state index in [1.807, 2.05) is 42.8 Å². The van der Waals surface area contributed by atoms with Crippen LogP contribution in [0.5, 0.6) is 0 Å². The molecule has 0 saturated carbocycles. The lowest BCUT2D eigenvalue weighted by Gasteiger charge is -1.95. The van der Waals surface area contributed by atoms with Gasteiger partial charge in [0.05, 0.1) is 0 Å². The van der Waals surface area contributed by atoms with Gasteiger partial charge in [0.15, 0.2) is 6.54 Å². The molecule has 0 aliphatic heterocycles. The maximum atomic E-state index is 8.80. The smallest absolute Gasteiger partial charge is 0.192 e. The van der Waals surface area contributed by atoms with Crippen LogP contribution in [-0.2, 0) is 6.54 Å². The lowest BCUT2D eigenvalue weighted by Crippen LogP contribution is -2.32. The molecular formula is C13H10N3S+. The van der Waals surface area contributed by atoms with Crippen molar-refractivity contribution >= 4 is 21.6 Å². The summed E-state index contributed by atoms with van der Waals surface area (Å²) in [5, 5.41) is 17.6. The molecule has 0 radical (unpaired) electrons. The van der Waals surface area contributed by atoms with Gasteiger partial charge >= 0.3 is 0 Å². The van der Waals surface area contributed by atoms with Crippen molar-refractivity contribution in [1.29, 1.82) is 10.5 Å². The van der Waals surface area contributed by atoms with Crippen molar-refractivity contribution in [2.45, 2.75) is 13.5 Å². The zero-order valence-corrected chi connectivity index (χ0v) is 10.2. The van der Waals surface area contributed by atoms with Crippen LogP contribution >= 0.6 is 11.3 Å². The summed E-state index contributed by atoms with van der Waals surface area (Å²) in [6.45, 7) is 2.40. The Hall–Kier alpha value is -2.17. The third kappa shape index (κ3) is 2.18. The topological polar surface area (TPSA) is 51.5 Å². The maximum absolute atomic E-state index is 8.80. The molecule has 0 amide bonds. The van der Waals surface area contributed by atoms with Crippen LogP contribution in [0, 0.1) is 22.7 Å². The first kappa shape index (κ1) is 11.3. The van der Waals surface area contributed by atoms with E-state index in [-0.39, 0.29) is 5.57 Å². The zero-order chi connectivity index (χ0) is 12.3. The summed E-state index contributed by atoms with van der Waals surface area (Å²) in [7, 11) is 0. The SMILES string of the molecule is CC(C[n+]1csc2ccccc21)=C(C#N)C#N. The highest BCUT2D eigenvalue weighted by Gasteiger charge is 2.13. The standard InChI is InChI=1S/C13H10N3S/c1-10(11(6-14)7-15)8-16-9-17-13-5-3-2-4-12(13)16/h2-5,9H,8H2,1H3/q+1. The Labute approximate surface area is 103 Å². The predicted octanol–water partition coefficient (Wildman–Crippen LogP) is 2.55. The van der Waals surface area contributed by atoms with E-state index in [1.165, 1.54) is 4.70 Å². The van der Waals surface area contributed by atoms with E-state index in [9.17, 15) is 0 Å². The van der Waals surface area contributed by atoms with Crippen molar-refractivity contribution in [3.63, 3.8) is 0 Å². The molecule has 0 spiro atoms. The molecule has 4 heteroatoms. The van der Waals surface area contributed by atoms with Crippen LogP contribution in [0.2, 0.25) is 0 Å². The Morgan fingerprint density at radius 2 is 2.00 bits per heavy atom. The first-order chi connectivity index (χ1) is 8.26. The molecule has 82 valence electrons. The van der Waals surface area contributed by atoms with E-state index >= 15 is 0 Å². The number of allylic oxidation sites excluding steroid dienone is 2. The molecule has 0 aliphatic carbocycles. The van der Waals surface area contributed by atoms with Gasteiger partial charge in [0.25, 0.3) is 0 Å². The molecule has 0 fully saturated rings. The third-order valence-electron chi connectivity index (χ3n) is 2.54. The molecule has 1 heterocycles. The lowest BCUT2D eigenvalue weighted by molar-refractivity contribution is -0.658. The number of nitrogens with zero attached hydrogens (tertiary/aromatic N) is 3. The van der Waals surface area contributed by atoms with Gasteiger partial charge in [-0.1, -0.05) is 23.5 Å². The largest absolute Gasteiger partial charge is 0.226 e. The minimum Gasteiger partial charge on any atom is -0.192 e. The van der Waals surface area contributed by atoms with Gasteiger partial charge in [-0.05, 0) is 13.0 Å². The number of nitriles is 2. The Kier molecular flexibility index (Phi) is 3.18. The van der Waals surface area contributed by atoms with Gasteiger partial charge in [0.1, 0.15) is 22.4 Å². The summed E-state index contributed by atoms with van der Waals surface area (Å²) in [6.07, 6.45) is 0. The van der Waals surface area contributed by atoms with E-state index < -0.39 is 0 Å². The van der Waals surface area contributed by atoms with E-state index in [0.717, 1.165) is 11.1 Å². The van der Waals surface area contributed by atoms with Gasteiger partial charge in [0.2, 0.25) is 11.0 Å². The number of benzene rings is 1. The minimum atomic E-state index is 0.202. The molecular weight excluding hydrogens is 230 g/mol. The van der Waals surface area contributed by atoms with Crippen molar-refractivity contribution in [3.05, 3.63) is 40.9 Å². The quantitative estimate of drug-likeness (QED) is 0.598. The fourth-order valence-corrected chi connectivity index (χ4v) is 2.54. The van der Waals surface area contributed by atoms with E-state index in [0.29, 0.717) is 6.54 Å². The predicted molar refractivity (Wildman–Crippen MR) is 65.9 cm³/mol. The van der Waals surface area contributed by atoms with Crippen molar-refractivity contribution < 1.29 is 4.57 Å². The number of para-hydroxylation sites is 1. The van der Waals surface area contributed by atoms with Gasteiger partial charge in [-0.25, -0.2) is 0 Å². The number of hydrogen-bond acceptors (Lipinski definition) is 3. The van der Waals surface area contributed by atoms with Crippen LogP contribution in [-0.4, -0.2) is 0 Å². The Morgan fingerprint density at radius 3 is 2.71 bits per heavy atom. The zero-order valence-electron chi connectivity index (χ0n) is 9.34. The van der Waals surface area contributed by atoms with Gasteiger partial charge in [-0.3, -0.25) is 0 Å². The molecule has 0 N–H and O–H groups in total. The Morgan fingerprint density at radius 1 is 1.29 bits per heavy atom. The van der Waals surface area contributed by atoms with Crippen molar-refractivity contribution in [2.24, 2.45) is 0 Å². The van der Waals surface area contributed by atoms with Crippen LogP contribution in [0.1, 0.15) is 6.92 Å². The molecule has 17 heavy (non-hydrogen) atoms. The summed E-state index contributed by atoms with van der Waals surface area (Å²) in [6, 6.07) is 11.9. The highest BCUT2D eigenvalue weighted by Crippen LogP contribution is 2.16. The van der Waals surface area contributed by atoms with E-state index in [4.69, 9.17) is 10.5 Å². The highest BCUT2D eigenvalue weighted by molar-refractivity contribution is 7.16. The molecule has 2 aromatic rings. The van der Waals surface area contributed by atoms with Crippen LogP contribution in [0.4, 0.5) is 0 Å². The van der Waals surface area contributed by atoms with Gasteiger partial charge in [-0.15, -0.1) is 0 Å². The van der Waals surface area contributed by atoms with Crippen LogP contribution < -0.4 is 4.57 Å².